The molecule has 1 atom stereocenters. The Hall–Kier alpha value is 0.269. The van der Waals surface area contributed by atoms with Gasteiger partial charge in [-0.15, -0.1) is 0 Å². The summed E-state index contributed by atoms with van der Waals surface area (Å²) in [5.74, 6) is -0.0444. The number of esters is 1. The fraction of sp³-hybridized carbons (Fsp3) is 0.950. The number of hydrogen-bond acceptors (Lipinski definition) is 2. The molecule has 0 aromatic heterocycles. The van der Waals surface area contributed by atoms with Crippen molar-refractivity contribution >= 4 is 24.3 Å². The standard InChI is InChI=1S/C8H15O2.3C4H9.Sn/c1-3-4-5-6-7-10-8(2)9;3*1-3-4-2;/h7H,3-6H2,1-2H3;3*1,3-4H2,2H3;. The van der Waals surface area contributed by atoms with Crippen LogP contribution in [0, 0.1) is 0 Å². The van der Waals surface area contributed by atoms with Crippen molar-refractivity contribution in [2.75, 3.05) is 0 Å². The molecule has 0 rings (SSSR count). The topological polar surface area (TPSA) is 26.3 Å². The van der Waals surface area contributed by atoms with Crippen LogP contribution < -0.4 is 0 Å². The van der Waals surface area contributed by atoms with E-state index >= 15 is 0 Å². The number of hydrogen-bond donors (Lipinski definition) is 0. The molecule has 3 heteroatoms. The maximum absolute atomic E-state index is 11.8. The summed E-state index contributed by atoms with van der Waals surface area (Å²) in [5, 5.41) is 0. The van der Waals surface area contributed by atoms with E-state index in [1.54, 1.807) is 6.92 Å². The summed E-state index contributed by atoms with van der Waals surface area (Å²) in [6.45, 7) is 10.8. The van der Waals surface area contributed by atoms with Gasteiger partial charge in [-0.3, -0.25) is 0 Å². The first-order valence-electron chi connectivity index (χ1n) is 10.2. The molecule has 0 saturated heterocycles. The van der Waals surface area contributed by atoms with Gasteiger partial charge in [-0.2, -0.15) is 0 Å². The number of rotatable bonds is 15. The monoisotopic (exact) mass is 434 g/mol. The summed E-state index contributed by atoms with van der Waals surface area (Å²) in [7, 11) is 0. The Balaban J connectivity index is 5.27. The Morgan fingerprint density at radius 3 is 1.57 bits per heavy atom. The Morgan fingerprint density at radius 1 is 0.783 bits per heavy atom. The van der Waals surface area contributed by atoms with Gasteiger partial charge in [0.2, 0.25) is 0 Å². The predicted molar refractivity (Wildman–Crippen MR) is 105 cm³/mol. The van der Waals surface area contributed by atoms with Gasteiger partial charge in [0.1, 0.15) is 0 Å². The molecule has 0 fully saturated rings. The van der Waals surface area contributed by atoms with Crippen molar-refractivity contribution < 1.29 is 9.53 Å². The summed E-state index contributed by atoms with van der Waals surface area (Å²) in [4.78, 5) is 11.8. The molecule has 1 unspecified atom stereocenters. The maximum atomic E-state index is 11.8. The quantitative estimate of drug-likeness (QED) is 0.160. The molecule has 0 aliphatic carbocycles. The van der Waals surface area contributed by atoms with Crippen molar-refractivity contribution in [2.45, 2.75) is 116 Å². The molecule has 0 radical (unpaired) electrons. The third-order valence-corrected chi connectivity index (χ3v) is 21.8. The molecule has 0 spiro atoms. The van der Waals surface area contributed by atoms with Crippen LogP contribution in [0.2, 0.25) is 13.3 Å². The number of unbranched alkanes of at least 4 members (excludes halogenated alkanes) is 5. The van der Waals surface area contributed by atoms with Crippen LogP contribution in [0.15, 0.2) is 0 Å². The van der Waals surface area contributed by atoms with Gasteiger partial charge < -0.3 is 0 Å². The molecule has 0 amide bonds. The molecule has 138 valence electrons. The zero-order valence-corrected chi connectivity index (χ0v) is 19.4. The third kappa shape index (κ3) is 9.99. The van der Waals surface area contributed by atoms with Gasteiger partial charge in [0.05, 0.1) is 0 Å². The van der Waals surface area contributed by atoms with Crippen LogP contribution in [0.4, 0.5) is 0 Å². The number of ether oxygens (including phenoxy) is 1. The molecule has 0 heterocycles. The third-order valence-electron chi connectivity index (χ3n) is 5.15. The first-order chi connectivity index (χ1) is 11.1. The fourth-order valence-electron chi connectivity index (χ4n) is 3.71. The summed E-state index contributed by atoms with van der Waals surface area (Å²) < 4.78 is 10.6. The molecule has 0 saturated carbocycles. The van der Waals surface area contributed by atoms with Crippen molar-refractivity contribution in [3.8, 4) is 0 Å². The molecule has 0 aliphatic heterocycles. The van der Waals surface area contributed by atoms with Crippen molar-refractivity contribution in [1.29, 1.82) is 0 Å². The van der Waals surface area contributed by atoms with Crippen LogP contribution in [0.1, 0.15) is 98.8 Å². The predicted octanol–water partition coefficient (Wildman–Crippen LogP) is 6.89. The first-order valence-corrected chi connectivity index (χ1v) is 17.9. The zero-order chi connectivity index (χ0) is 17.6. The van der Waals surface area contributed by atoms with E-state index in [9.17, 15) is 4.79 Å². The molecule has 0 aromatic rings. The second-order valence-electron chi connectivity index (χ2n) is 7.27. The average Bonchev–Trinajstić information content (AvgIpc) is 2.53. The zero-order valence-electron chi connectivity index (χ0n) is 16.6. The summed E-state index contributed by atoms with van der Waals surface area (Å²) >= 11 is -2.44. The van der Waals surface area contributed by atoms with E-state index < -0.39 is 18.4 Å². The Labute approximate surface area is 150 Å². The fourth-order valence-corrected chi connectivity index (χ4v) is 21.2. The van der Waals surface area contributed by atoms with Gasteiger partial charge in [-0.25, -0.2) is 0 Å². The van der Waals surface area contributed by atoms with Gasteiger partial charge >= 0.3 is 150 Å². The second-order valence-corrected chi connectivity index (χ2v) is 21.2. The van der Waals surface area contributed by atoms with E-state index in [2.05, 4.69) is 27.7 Å². The van der Waals surface area contributed by atoms with E-state index in [1.807, 2.05) is 0 Å². The van der Waals surface area contributed by atoms with E-state index in [-0.39, 0.29) is 5.97 Å². The summed E-state index contributed by atoms with van der Waals surface area (Å²) in [5.41, 5.74) is 0. The summed E-state index contributed by atoms with van der Waals surface area (Å²) in [6, 6.07) is 0. The molecule has 0 bridgehead atoms. The number of carbonyl (C=O) groups excluding carboxylic acids is 1. The molecule has 0 N–H and O–H groups in total. The molecule has 0 aliphatic rings. The van der Waals surface area contributed by atoms with Gasteiger partial charge in [-0.05, 0) is 0 Å². The second kappa shape index (κ2) is 14.6. The van der Waals surface area contributed by atoms with E-state index in [4.69, 9.17) is 4.74 Å². The molecule has 2 nitrogen and oxygen atoms in total. The Bertz CT molecular complexity index is 270. The Kier molecular flexibility index (Phi) is 14.8. The van der Waals surface area contributed by atoms with Gasteiger partial charge in [0.15, 0.2) is 0 Å². The van der Waals surface area contributed by atoms with Gasteiger partial charge in [0.25, 0.3) is 0 Å². The van der Waals surface area contributed by atoms with Crippen molar-refractivity contribution in [2.24, 2.45) is 0 Å². The molecule has 0 aromatic carbocycles. The first kappa shape index (κ1) is 23.3. The minimum absolute atomic E-state index is 0.0444. The van der Waals surface area contributed by atoms with Crippen molar-refractivity contribution in [3.05, 3.63) is 0 Å². The Morgan fingerprint density at radius 2 is 1.22 bits per heavy atom. The molecular weight excluding hydrogens is 391 g/mol. The van der Waals surface area contributed by atoms with Crippen LogP contribution in [-0.4, -0.2) is 28.5 Å². The normalized spacial score (nSPS) is 13.1. The van der Waals surface area contributed by atoms with Crippen LogP contribution in [0.25, 0.3) is 0 Å². The summed E-state index contributed by atoms with van der Waals surface area (Å²) in [6.07, 6.45) is 12.7. The van der Waals surface area contributed by atoms with E-state index in [1.165, 1.54) is 71.1 Å². The number of carbonyl (C=O) groups is 1. The average molecular weight is 433 g/mol. The van der Waals surface area contributed by atoms with Crippen LogP contribution in [0.3, 0.4) is 0 Å². The minimum atomic E-state index is -2.44. The van der Waals surface area contributed by atoms with Crippen molar-refractivity contribution in [3.63, 3.8) is 0 Å². The molecular formula is C20H42O2Sn. The van der Waals surface area contributed by atoms with E-state index in [0.717, 1.165) is 6.42 Å². The van der Waals surface area contributed by atoms with Gasteiger partial charge in [0, 0.05) is 0 Å². The SMILES string of the molecule is CCCCC[CH](OC(C)=O)[Sn]([CH2]CCC)([CH2]CCC)[CH2]CCC. The van der Waals surface area contributed by atoms with Crippen molar-refractivity contribution in [1.82, 2.24) is 0 Å². The van der Waals surface area contributed by atoms with Crippen LogP contribution >= 0.6 is 0 Å². The van der Waals surface area contributed by atoms with E-state index in [0.29, 0.717) is 4.12 Å². The van der Waals surface area contributed by atoms with Crippen LogP contribution in [0.5, 0.6) is 0 Å². The van der Waals surface area contributed by atoms with Gasteiger partial charge in [-0.1, -0.05) is 0 Å². The molecule has 23 heavy (non-hydrogen) atoms. The van der Waals surface area contributed by atoms with Crippen LogP contribution in [-0.2, 0) is 9.53 Å².